The lowest BCUT2D eigenvalue weighted by molar-refractivity contribution is -0.128. The molecule has 170 valence electrons. The zero-order valence-electron chi connectivity index (χ0n) is 18.1. The lowest BCUT2D eigenvalue weighted by atomic mass is 10.1. The molecule has 4 aromatic rings. The van der Waals surface area contributed by atoms with Gasteiger partial charge in [-0.3, -0.25) is 9.36 Å². The predicted octanol–water partition coefficient (Wildman–Crippen LogP) is 5.69. The van der Waals surface area contributed by atoms with Gasteiger partial charge < -0.3 is 9.32 Å². The van der Waals surface area contributed by atoms with Gasteiger partial charge >= 0.3 is 0 Å². The first-order chi connectivity index (χ1) is 15.9. The molecule has 1 unspecified atom stereocenters. The fourth-order valence-electron chi connectivity index (χ4n) is 3.32. The van der Waals surface area contributed by atoms with Crippen molar-refractivity contribution in [3.05, 3.63) is 89.1 Å². The number of rotatable bonds is 8. The Morgan fingerprint density at radius 3 is 2.55 bits per heavy atom. The second-order valence-electron chi connectivity index (χ2n) is 7.50. The van der Waals surface area contributed by atoms with Gasteiger partial charge in [-0.1, -0.05) is 35.5 Å². The van der Waals surface area contributed by atoms with Crippen molar-refractivity contribution in [3.63, 3.8) is 0 Å². The van der Waals surface area contributed by atoms with Crippen LogP contribution >= 0.6 is 23.4 Å². The van der Waals surface area contributed by atoms with Gasteiger partial charge in [-0.15, -0.1) is 10.2 Å². The molecule has 0 aliphatic rings. The van der Waals surface area contributed by atoms with Crippen molar-refractivity contribution in [2.75, 3.05) is 12.8 Å². The number of thioether (sulfide) groups is 1. The van der Waals surface area contributed by atoms with E-state index < -0.39 is 0 Å². The van der Waals surface area contributed by atoms with Gasteiger partial charge in [0.2, 0.25) is 5.91 Å². The van der Waals surface area contributed by atoms with Crippen molar-refractivity contribution in [1.82, 2.24) is 19.7 Å². The van der Waals surface area contributed by atoms with Gasteiger partial charge in [0.05, 0.1) is 24.6 Å². The van der Waals surface area contributed by atoms with Crippen molar-refractivity contribution < 1.29 is 13.6 Å². The van der Waals surface area contributed by atoms with E-state index in [1.54, 1.807) is 42.5 Å². The van der Waals surface area contributed by atoms with Crippen LogP contribution in [0.1, 0.15) is 24.3 Å². The van der Waals surface area contributed by atoms with Gasteiger partial charge in [-0.25, -0.2) is 4.39 Å². The number of benzene rings is 2. The largest absolute Gasteiger partial charge is 0.467 e. The lowest BCUT2D eigenvalue weighted by Crippen LogP contribution is -2.31. The summed E-state index contributed by atoms with van der Waals surface area (Å²) in [6.45, 7) is 2.34. The number of carbonyl (C=O) groups is 1. The molecule has 9 heteroatoms. The first kappa shape index (κ1) is 23.1. The fourth-order valence-corrected chi connectivity index (χ4v) is 4.31. The first-order valence-electron chi connectivity index (χ1n) is 10.3. The third-order valence-corrected chi connectivity index (χ3v) is 6.57. The molecule has 6 nitrogen and oxygen atoms in total. The second kappa shape index (κ2) is 10.2. The maximum Gasteiger partial charge on any atom is 0.233 e. The summed E-state index contributed by atoms with van der Waals surface area (Å²) in [4.78, 5) is 14.5. The number of hydrogen-bond donors (Lipinski definition) is 0. The van der Waals surface area contributed by atoms with Crippen molar-refractivity contribution in [2.45, 2.75) is 24.7 Å². The summed E-state index contributed by atoms with van der Waals surface area (Å²) in [6, 6.07) is 17.0. The predicted molar refractivity (Wildman–Crippen MR) is 127 cm³/mol. The van der Waals surface area contributed by atoms with Crippen LogP contribution in [0.15, 0.2) is 76.5 Å². The molecule has 0 bridgehead atoms. The van der Waals surface area contributed by atoms with Crippen molar-refractivity contribution >= 4 is 29.3 Å². The van der Waals surface area contributed by atoms with E-state index in [-0.39, 0.29) is 23.5 Å². The molecule has 0 saturated carbocycles. The van der Waals surface area contributed by atoms with Crippen molar-refractivity contribution in [2.24, 2.45) is 0 Å². The van der Waals surface area contributed by atoms with Crippen LogP contribution in [0.4, 0.5) is 4.39 Å². The molecule has 0 aliphatic heterocycles. The molecule has 0 saturated heterocycles. The molecule has 1 amide bonds. The molecule has 0 N–H and O–H groups in total. The summed E-state index contributed by atoms with van der Waals surface area (Å²) in [5, 5.41) is 9.92. The quantitative estimate of drug-likeness (QED) is 0.300. The third kappa shape index (κ3) is 5.46. The Morgan fingerprint density at radius 2 is 1.88 bits per heavy atom. The molecule has 1 atom stereocenters. The van der Waals surface area contributed by atoms with Gasteiger partial charge in [0.1, 0.15) is 11.6 Å². The molecule has 0 aliphatic carbocycles. The van der Waals surface area contributed by atoms with Crippen molar-refractivity contribution in [3.8, 4) is 11.4 Å². The van der Waals surface area contributed by atoms with E-state index >= 15 is 0 Å². The van der Waals surface area contributed by atoms with Gasteiger partial charge in [0, 0.05) is 17.6 Å². The van der Waals surface area contributed by atoms with Crippen molar-refractivity contribution in [1.29, 1.82) is 0 Å². The zero-order valence-corrected chi connectivity index (χ0v) is 19.7. The molecule has 2 aromatic carbocycles. The second-order valence-corrected chi connectivity index (χ2v) is 8.88. The molecule has 0 spiro atoms. The number of hydrogen-bond acceptors (Lipinski definition) is 5. The first-order valence-corrected chi connectivity index (χ1v) is 11.6. The fraction of sp³-hybridized carbons (Fsp3) is 0.208. The average Bonchev–Trinajstić information content (AvgIpc) is 3.48. The lowest BCUT2D eigenvalue weighted by Gasteiger charge is -2.25. The van der Waals surface area contributed by atoms with Crippen LogP contribution in [0.25, 0.3) is 11.4 Å². The highest BCUT2D eigenvalue weighted by molar-refractivity contribution is 7.99. The number of amides is 1. The third-order valence-electron chi connectivity index (χ3n) is 5.36. The van der Waals surface area contributed by atoms with E-state index in [4.69, 9.17) is 16.0 Å². The number of aromatic nitrogens is 3. The highest BCUT2D eigenvalue weighted by atomic mass is 35.5. The van der Waals surface area contributed by atoms with Crippen LogP contribution in [0, 0.1) is 5.82 Å². The average molecular weight is 485 g/mol. The Morgan fingerprint density at radius 1 is 1.15 bits per heavy atom. The summed E-state index contributed by atoms with van der Waals surface area (Å²) in [5.41, 5.74) is 1.72. The van der Waals surface area contributed by atoms with Crippen LogP contribution in [0.3, 0.4) is 0 Å². The van der Waals surface area contributed by atoms with Crippen LogP contribution in [-0.2, 0) is 11.3 Å². The van der Waals surface area contributed by atoms with E-state index in [0.717, 1.165) is 16.9 Å². The Bertz CT molecular complexity index is 1210. The minimum Gasteiger partial charge on any atom is -0.467 e. The Kier molecular flexibility index (Phi) is 7.15. The van der Waals surface area contributed by atoms with E-state index in [9.17, 15) is 9.18 Å². The Hall–Kier alpha value is -3.10. The van der Waals surface area contributed by atoms with Crippen LogP contribution < -0.4 is 0 Å². The number of carbonyl (C=O) groups excluding carboxylic acids is 1. The summed E-state index contributed by atoms with van der Waals surface area (Å²) in [5.74, 6) is 1.21. The summed E-state index contributed by atoms with van der Waals surface area (Å²) in [7, 11) is 1.74. The van der Waals surface area contributed by atoms with E-state index in [1.165, 1.54) is 23.9 Å². The molecule has 2 heterocycles. The minimum atomic E-state index is -0.303. The Balaban J connectivity index is 1.51. The van der Waals surface area contributed by atoms with Gasteiger partial charge in [0.15, 0.2) is 11.0 Å². The number of nitrogens with zero attached hydrogens (tertiary/aromatic N) is 4. The molecular weight excluding hydrogens is 463 g/mol. The molecule has 0 radical (unpaired) electrons. The number of halogens is 2. The summed E-state index contributed by atoms with van der Waals surface area (Å²) >= 11 is 7.34. The van der Waals surface area contributed by atoms with Gasteiger partial charge in [-0.2, -0.15) is 0 Å². The highest BCUT2D eigenvalue weighted by Crippen LogP contribution is 2.27. The van der Waals surface area contributed by atoms with Crippen LogP contribution in [0.2, 0.25) is 5.02 Å². The van der Waals surface area contributed by atoms with E-state index in [1.807, 2.05) is 35.8 Å². The normalized spacial score (nSPS) is 12.0. The highest BCUT2D eigenvalue weighted by Gasteiger charge is 2.21. The van der Waals surface area contributed by atoms with Gasteiger partial charge in [0.25, 0.3) is 0 Å². The SMILES string of the molecule is CC(c1ccc(F)cc1)N(C)C(=O)CSc1nnc(-c2ccc(Cl)cc2)n1Cc1ccco1. The van der Waals surface area contributed by atoms with Crippen LogP contribution in [-0.4, -0.2) is 38.4 Å². The standard InChI is InChI=1S/C24H22ClFN4O2S/c1-16(17-7-11-20(26)12-8-17)29(2)22(31)15-33-24-28-27-23(18-5-9-19(25)10-6-18)30(24)14-21-4-3-13-32-21/h3-13,16H,14-15H2,1-2H3. The summed E-state index contributed by atoms with van der Waals surface area (Å²) in [6.07, 6.45) is 1.61. The maximum atomic E-state index is 13.2. The molecule has 2 aromatic heterocycles. The maximum absolute atomic E-state index is 13.2. The molecule has 33 heavy (non-hydrogen) atoms. The van der Waals surface area contributed by atoms with Gasteiger partial charge in [-0.05, 0) is 61.0 Å². The minimum absolute atomic E-state index is 0.0718. The molecule has 0 fully saturated rings. The molecule has 4 rings (SSSR count). The summed E-state index contributed by atoms with van der Waals surface area (Å²) < 4.78 is 20.7. The van der Waals surface area contributed by atoms with E-state index in [2.05, 4.69) is 10.2 Å². The smallest absolute Gasteiger partial charge is 0.233 e. The zero-order chi connectivity index (χ0) is 23.4. The molecular formula is C24H22ClFN4O2S. The monoisotopic (exact) mass is 484 g/mol. The Labute approximate surface area is 200 Å². The van der Waals surface area contributed by atoms with Crippen LogP contribution in [0.5, 0.6) is 0 Å². The number of furan rings is 1. The topological polar surface area (TPSA) is 64.2 Å². The van der Waals surface area contributed by atoms with E-state index in [0.29, 0.717) is 22.5 Å².